The van der Waals surface area contributed by atoms with E-state index in [-0.39, 0.29) is 0 Å². The minimum atomic E-state index is 1.30. The number of aryl methyl sites for hydroxylation is 4. The van der Waals surface area contributed by atoms with Crippen molar-refractivity contribution < 1.29 is 23.0 Å². The van der Waals surface area contributed by atoms with Gasteiger partial charge in [-0.1, -0.05) is 37.1 Å². The zero-order valence-electron chi connectivity index (χ0n) is 17.9. The molecule has 0 aromatic heterocycles. The molecule has 2 heteroatoms. The fourth-order valence-corrected chi connectivity index (χ4v) is 5.78. The Kier molecular flexibility index (Phi) is 9.60. The maximum atomic E-state index is 2.25. The summed E-state index contributed by atoms with van der Waals surface area (Å²) >= 11 is 1.43. The van der Waals surface area contributed by atoms with Crippen molar-refractivity contribution in [2.24, 2.45) is 0 Å². The monoisotopic (exact) mass is 551 g/mol. The molecule has 0 fully saturated rings. The molecule has 0 saturated heterocycles. The van der Waals surface area contributed by atoms with Crippen LogP contribution in [0.15, 0.2) is 60.7 Å². The van der Waals surface area contributed by atoms with Gasteiger partial charge in [-0.15, -0.1) is 56.9 Å². The molecule has 0 bridgehead atoms. The summed E-state index contributed by atoms with van der Waals surface area (Å²) in [5, 5.41) is 5.57. The van der Waals surface area contributed by atoms with Gasteiger partial charge in [0.1, 0.15) is 0 Å². The van der Waals surface area contributed by atoms with Gasteiger partial charge < -0.3 is 0 Å². The molecular formula is C26H31HfSi. The molecule has 0 N–H and O–H groups in total. The number of benzene rings is 2. The number of hydrogen-bond acceptors (Lipinski definition) is 0. The first-order valence-electron chi connectivity index (χ1n) is 10.1. The number of unbranched alkanes of at least 4 members (excludes halogenated alkanes) is 1. The molecule has 0 saturated carbocycles. The van der Waals surface area contributed by atoms with E-state index in [0.717, 1.165) is 0 Å². The summed E-state index contributed by atoms with van der Waals surface area (Å²) < 4.78 is 0. The van der Waals surface area contributed by atoms with Gasteiger partial charge in [-0.25, -0.2) is 0 Å². The zero-order valence-corrected chi connectivity index (χ0v) is 22.5. The van der Waals surface area contributed by atoms with Crippen LogP contribution >= 0.6 is 0 Å². The molecule has 0 nitrogen and oxygen atoms in total. The normalized spacial score (nSPS) is 10.2. The van der Waals surface area contributed by atoms with Gasteiger partial charge in [-0.3, -0.25) is 0 Å². The van der Waals surface area contributed by atoms with Crippen LogP contribution in [0.4, 0.5) is 0 Å². The van der Waals surface area contributed by atoms with E-state index >= 15 is 0 Å². The second-order valence-corrected chi connectivity index (χ2v) is 12.0. The van der Waals surface area contributed by atoms with Crippen LogP contribution in [-0.2, 0) is 23.0 Å². The van der Waals surface area contributed by atoms with Gasteiger partial charge in [0.15, 0.2) is 0 Å². The first-order chi connectivity index (χ1) is 13.5. The first-order valence-corrected chi connectivity index (χ1v) is 16.7. The van der Waals surface area contributed by atoms with Crippen molar-refractivity contribution in [3.8, 4) is 0 Å². The zero-order chi connectivity index (χ0) is 20.5. The summed E-state index contributed by atoms with van der Waals surface area (Å²) in [5.41, 5.74) is 5.48. The Morgan fingerprint density at radius 2 is 1.14 bits per heavy atom. The minimum absolute atomic E-state index is 1.30. The topological polar surface area (TPSA) is 0 Å². The predicted molar refractivity (Wildman–Crippen MR) is 123 cm³/mol. The Balaban J connectivity index is 0.000000158. The van der Waals surface area contributed by atoms with E-state index in [4.69, 9.17) is 0 Å². The van der Waals surface area contributed by atoms with Gasteiger partial charge in [-0.2, -0.15) is 24.3 Å². The van der Waals surface area contributed by atoms with Gasteiger partial charge in [0.2, 0.25) is 0 Å². The Morgan fingerprint density at radius 1 is 0.714 bits per heavy atom. The summed E-state index contributed by atoms with van der Waals surface area (Å²) in [7, 11) is 0. The van der Waals surface area contributed by atoms with Crippen LogP contribution in [0.3, 0.4) is 0 Å². The maximum absolute atomic E-state index is 2.25. The fraction of sp³-hybridized carbons (Fsp3) is 0.308. The quantitative estimate of drug-likeness (QED) is 0.139. The van der Waals surface area contributed by atoms with Crippen molar-refractivity contribution in [3.63, 3.8) is 0 Å². The van der Waals surface area contributed by atoms with Gasteiger partial charge in [0.25, 0.3) is 0 Å². The second kappa shape index (κ2) is 11.7. The smallest absolute Gasteiger partial charge is 0.0488 e. The SMILES string of the molecule is CCCC[Si]=[Hf+2].Cc1ccc(C)c2[cH-]ccc12.Cc1ccc(C)c2[cH-]ccc12. The third kappa shape index (κ3) is 6.12. The molecule has 4 rings (SSSR count). The Hall–Kier alpha value is -1.25. The van der Waals surface area contributed by atoms with Gasteiger partial charge >= 0.3 is 55.0 Å². The van der Waals surface area contributed by atoms with Crippen LogP contribution in [0.25, 0.3) is 21.5 Å². The fourth-order valence-electron chi connectivity index (χ4n) is 3.34. The van der Waals surface area contributed by atoms with Crippen LogP contribution < -0.4 is 0 Å². The summed E-state index contributed by atoms with van der Waals surface area (Å²) in [5.74, 6) is 0. The molecule has 0 heterocycles. The third-order valence-electron chi connectivity index (χ3n) is 5.15. The molecule has 0 aliphatic rings. The number of rotatable bonds is 3. The molecular weight excluding hydrogens is 519 g/mol. The van der Waals surface area contributed by atoms with Crippen LogP contribution in [0.2, 0.25) is 6.04 Å². The van der Waals surface area contributed by atoms with Crippen molar-refractivity contribution in [1.82, 2.24) is 0 Å². The molecule has 4 aromatic rings. The van der Waals surface area contributed by atoms with Crippen molar-refractivity contribution >= 4 is 27.8 Å². The van der Waals surface area contributed by atoms with Crippen LogP contribution in [-0.4, -0.2) is 6.22 Å². The average Bonchev–Trinajstić information content (AvgIpc) is 3.38. The van der Waals surface area contributed by atoms with E-state index in [1.165, 1.54) is 91.9 Å². The molecule has 0 aliphatic heterocycles. The van der Waals surface area contributed by atoms with E-state index in [2.05, 4.69) is 95.3 Å². The third-order valence-corrected chi connectivity index (χ3v) is 8.45. The van der Waals surface area contributed by atoms with Gasteiger partial charge in [-0.05, 0) is 13.8 Å². The van der Waals surface area contributed by atoms with E-state index in [9.17, 15) is 0 Å². The maximum Gasteiger partial charge on any atom is -0.0488 e. The van der Waals surface area contributed by atoms with Crippen molar-refractivity contribution in [2.75, 3.05) is 0 Å². The van der Waals surface area contributed by atoms with Gasteiger partial charge in [0.05, 0.1) is 0 Å². The summed E-state index contributed by atoms with van der Waals surface area (Å²) in [6.07, 6.45) is 4.15. The van der Waals surface area contributed by atoms with E-state index < -0.39 is 0 Å². The first kappa shape index (κ1) is 23.0. The summed E-state index contributed by atoms with van der Waals surface area (Å²) in [6.45, 7) is 10.9. The van der Waals surface area contributed by atoms with Crippen molar-refractivity contribution in [2.45, 2.75) is 53.5 Å². The van der Waals surface area contributed by atoms with Crippen LogP contribution in [0.1, 0.15) is 42.0 Å². The minimum Gasteiger partial charge on any atom is -0.168 e. The van der Waals surface area contributed by atoms with Crippen LogP contribution in [0.5, 0.6) is 0 Å². The van der Waals surface area contributed by atoms with E-state index in [0.29, 0.717) is 0 Å². The van der Waals surface area contributed by atoms with Crippen molar-refractivity contribution in [3.05, 3.63) is 82.9 Å². The predicted octanol–water partition coefficient (Wildman–Crippen LogP) is 7.72. The Labute approximate surface area is 186 Å². The number of fused-ring (bicyclic) bond motifs is 2. The average molecular weight is 550 g/mol. The molecule has 0 spiro atoms. The Bertz CT molecular complexity index is 869. The largest absolute Gasteiger partial charge is 0.168 e. The van der Waals surface area contributed by atoms with Crippen LogP contribution in [0, 0.1) is 27.7 Å². The second-order valence-electron chi connectivity index (χ2n) is 7.39. The number of hydrogen-bond donors (Lipinski definition) is 0. The Morgan fingerprint density at radius 3 is 1.46 bits per heavy atom. The summed E-state index contributed by atoms with van der Waals surface area (Å²) in [6, 6.07) is 23.2. The van der Waals surface area contributed by atoms with Crippen molar-refractivity contribution in [1.29, 1.82) is 0 Å². The molecule has 143 valence electrons. The molecule has 0 atom stereocenters. The molecule has 0 aliphatic carbocycles. The standard InChI is InChI=1S/2C11H11.C4H9Si.Hf/c2*1-8-6-7-9(2)11-5-3-4-10(8)11;1-2-3-4-5;/h2*3-7H,1-2H3;2-4H2,1H3;/q2*-1;;+2. The van der Waals surface area contributed by atoms with E-state index in [1.807, 2.05) is 0 Å². The van der Waals surface area contributed by atoms with Gasteiger partial charge in [0, 0.05) is 0 Å². The van der Waals surface area contributed by atoms with E-state index in [1.54, 1.807) is 0 Å². The molecule has 28 heavy (non-hydrogen) atoms. The summed E-state index contributed by atoms with van der Waals surface area (Å²) in [4.78, 5) is 0. The molecule has 1 radical (unpaired) electrons. The molecule has 4 aromatic carbocycles. The molecule has 0 unspecified atom stereocenters. The molecule has 0 amide bonds.